The zero-order chi connectivity index (χ0) is 26.6. The quantitative estimate of drug-likeness (QED) is 0.250. The number of unbranched alkanes of at least 4 members (excludes halogenated alkanes) is 6. The zero-order valence-electron chi connectivity index (χ0n) is 24.3. The van der Waals surface area contributed by atoms with E-state index in [1.807, 2.05) is 0 Å². The van der Waals surface area contributed by atoms with Crippen LogP contribution in [0.3, 0.4) is 0 Å². The summed E-state index contributed by atoms with van der Waals surface area (Å²) in [5.41, 5.74) is 3.77. The lowest BCUT2D eigenvalue weighted by atomic mass is 9.67. The van der Waals surface area contributed by atoms with Crippen LogP contribution in [0, 0.1) is 22.7 Å². The van der Waals surface area contributed by atoms with E-state index >= 15 is 0 Å². The van der Waals surface area contributed by atoms with Crippen LogP contribution in [0.25, 0.3) is 11.4 Å². The predicted molar refractivity (Wildman–Crippen MR) is 159 cm³/mol. The Bertz CT molecular complexity index is 971. The Kier molecular flexibility index (Phi) is 11.2. The van der Waals surface area contributed by atoms with E-state index in [-0.39, 0.29) is 5.41 Å². The standard InChI is InChI=1S/C35H51N3/c1-3-5-7-8-10-22-35(27-36)23-20-31(21-24-35)29-16-18-32(19-17-29)34-37-25-33(26-38-34)30-14-12-28(13-15-30)11-9-6-4-2/h16-19,25-26,28,30-31H,3-15,20-24H2,1-2H3/t28-,30-,31-,35-. The molecular weight excluding hydrogens is 462 g/mol. The van der Waals surface area contributed by atoms with Gasteiger partial charge < -0.3 is 0 Å². The molecule has 0 aliphatic heterocycles. The van der Waals surface area contributed by atoms with Gasteiger partial charge >= 0.3 is 0 Å². The largest absolute Gasteiger partial charge is 0.236 e. The lowest BCUT2D eigenvalue weighted by molar-refractivity contribution is 0.223. The van der Waals surface area contributed by atoms with Crippen LogP contribution in [0.5, 0.6) is 0 Å². The Morgan fingerprint density at radius 3 is 1.97 bits per heavy atom. The summed E-state index contributed by atoms with van der Waals surface area (Å²) in [4.78, 5) is 9.55. The van der Waals surface area contributed by atoms with Gasteiger partial charge in [0, 0.05) is 18.0 Å². The van der Waals surface area contributed by atoms with E-state index in [4.69, 9.17) is 9.97 Å². The van der Waals surface area contributed by atoms with E-state index in [9.17, 15) is 5.26 Å². The molecule has 1 aromatic carbocycles. The van der Waals surface area contributed by atoms with Gasteiger partial charge in [-0.1, -0.05) is 95.9 Å². The molecule has 0 bridgehead atoms. The Balaban J connectivity index is 1.25. The van der Waals surface area contributed by atoms with Crippen molar-refractivity contribution in [1.82, 2.24) is 9.97 Å². The van der Waals surface area contributed by atoms with E-state index in [1.165, 1.54) is 94.6 Å². The van der Waals surface area contributed by atoms with Crippen LogP contribution in [0.4, 0.5) is 0 Å². The number of nitrogens with zero attached hydrogens (tertiary/aromatic N) is 3. The highest BCUT2D eigenvalue weighted by Crippen LogP contribution is 2.46. The third-order valence-corrected chi connectivity index (χ3v) is 9.78. The molecule has 0 unspecified atom stereocenters. The minimum atomic E-state index is -0.0768. The summed E-state index contributed by atoms with van der Waals surface area (Å²) in [7, 11) is 0. The van der Waals surface area contributed by atoms with Crippen LogP contribution in [-0.4, -0.2) is 9.97 Å². The van der Waals surface area contributed by atoms with Crippen LogP contribution in [0.2, 0.25) is 0 Å². The van der Waals surface area contributed by atoms with Gasteiger partial charge in [0.1, 0.15) is 0 Å². The van der Waals surface area contributed by atoms with Gasteiger partial charge in [-0.2, -0.15) is 5.26 Å². The molecule has 0 N–H and O–H groups in total. The van der Waals surface area contributed by atoms with Gasteiger partial charge in [0.2, 0.25) is 0 Å². The Morgan fingerprint density at radius 2 is 1.34 bits per heavy atom. The molecule has 38 heavy (non-hydrogen) atoms. The van der Waals surface area contributed by atoms with Crippen molar-refractivity contribution in [2.24, 2.45) is 11.3 Å². The first kappa shape index (κ1) is 28.8. The normalized spacial score (nSPS) is 25.7. The van der Waals surface area contributed by atoms with Gasteiger partial charge in [-0.3, -0.25) is 0 Å². The lowest BCUT2D eigenvalue weighted by Crippen LogP contribution is -2.25. The van der Waals surface area contributed by atoms with Gasteiger partial charge in [0.25, 0.3) is 0 Å². The minimum absolute atomic E-state index is 0.0768. The first-order chi connectivity index (χ1) is 18.7. The molecule has 0 saturated heterocycles. The third kappa shape index (κ3) is 7.91. The molecule has 0 radical (unpaired) electrons. The maximum Gasteiger partial charge on any atom is 0.159 e. The zero-order valence-corrected chi connectivity index (χ0v) is 24.3. The fourth-order valence-electron chi connectivity index (χ4n) is 7.06. The summed E-state index contributed by atoms with van der Waals surface area (Å²) in [5, 5.41) is 9.95. The Morgan fingerprint density at radius 1 is 0.737 bits per heavy atom. The Labute approximate surface area is 232 Å². The van der Waals surface area contributed by atoms with Crippen LogP contribution < -0.4 is 0 Å². The molecule has 3 heteroatoms. The first-order valence-electron chi connectivity index (χ1n) is 16.0. The number of nitriles is 1. The minimum Gasteiger partial charge on any atom is -0.236 e. The SMILES string of the molecule is CCCCCCC[C@]1(C#N)CC[C@H](c2ccc(-c3ncc([C@H]4CC[C@H](CCCCC)CC4)cn3)cc2)CC1. The van der Waals surface area contributed by atoms with Gasteiger partial charge in [-0.15, -0.1) is 0 Å². The molecule has 1 heterocycles. The van der Waals surface area contributed by atoms with Crippen molar-refractivity contribution in [1.29, 1.82) is 5.26 Å². The van der Waals surface area contributed by atoms with Gasteiger partial charge in [-0.25, -0.2) is 9.97 Å². The molecule has 2 aromatic rings. The summed E-state index contributed by atoms with van der Waals surface area (Å²) in [6.45, 7) is 4.55. The van der Waals surface area contributed by atoms with Crippen molar-refractivity contribution in [3.05, 3.63) is 47.8 Å². The second-order valence-corrected chi connectivity index (χ2v) is 12.5. The second-order valence-electron chi connectivity index (χ2n) is 12.5. The predicted octanol–water partition coefficient (Wildman–Crippen LogP) is 10.5. The number of rotatable bonds is 13. The molecule has 206 valence electrons. The number of hydrogen-bond donors (Lipinski definition) is 0. The van der Waals surface area contributed by atoms with Gasteiger partial charge in [0.05, 0.1) is 11.5 Å². The monoisotopic (exact) mass is 513 g/mol. The van der Waals surface area contributed by atoms with E-state index in [0.717, 1.165) is 49.4 Å². The van der Waals surface area contributed by atoms with Crippen molar-refractivity contribution in [3.63, 3.8) is 0 Å². The van der Waals surface area contributed by atoms with Crippen molar-refractivity contribution in [2.45, 2.75) is 141 Å². The van der Waals surface area contributed by atoms with Crippen LogP contribution in [0.15, 0.2) is 36.7 Å². The number of aromatic nitrogens is 2. The summed E-state index contributed by atoms with van der Waals surface area (Å²) < 4.78 is 0. The molecule has 0 amide bonds. The molecule has 2 aliphatic carbocycles. The lowest BCUT2D eigenvalue weighted by Gasteiger charge is -2.35. The molecule has 0 atom stereocenters. The number of benzene rings is 1. The molecule has 2 aliphatic rings. The van der Waals surface area contributed by atoms with Crippen molar-refractivity contribution in [2.75, 3.05) is 0 Å². The topological polar surface area (TPSA) is 49.6 Å². The smallest absolute Gasteiger partial charge is 0.159 e. The number of hydrogen-bond acceptors (Lipinski definition) is 3. The Hall–Kier alpha value is -2.21. The first-order valence-corrected chi connectivity index (χ1v) is 16.0. The summed E-state index contributed by atoms with van der Waals surface area (Å²) in [6, 6.07) is 11.7. The summed E-state index contributed by atoms with van der Waals surface area (Å²) in [5.74, 6) is 2.99. The van der Waals surface area contributed by atoms with Gasteiger partial charge in [0.15, 0.2) is 5.82 Å². The highest BCUT2D eigenvalue weighted by atomic mass is 14.9. The van der Waals surface area contributed by atoms with Gasteiger partial charge in [-0.05, 0) is 86.7 Å². The maximum atomic E-state index is 9.95. The molecular formula is C35H51N3. The highest BCUT2D eigenvalue weighted by Gasteiger charge is 2.35. The molecule has 4 rings (SSSR count). The van der Waals surface area contributed by atoms with Crippen molar-refractivity contribution >= 4 is 0 Å². The van der Waals surface area contributed by atoms with E-state index in [0.29, 0.717) is 11.8 Å². The molecule has 2 saturated carbocycles. The van der Waals surface area contributed by atoms with E-state index < -0.39 is 0 Å². The second kappa shape index (κ2) is 14.8. The van der Waals surface area contributed by atoms with E-state index in [1.54, 1.807) is 0 Å². The van der Waals surface area contributed by atoms with Crippen molar-refractivity contribution < 1.29 is 0 Å². The molecule has 0 spiro atoms. The van der Waals surface area contributed by atoms with Crippen LogP contribution >= 0.6 is 0 Å². The summed E-state index contributed by atoms with van der Waals surface area (Å²) in [6.07, 6.45) is 26.9. The van der Waals surface area contributed by atoms with Crippen LogP contribution in [0.1, 0.15) is 152 Å². The third-order valence-electron chi connectivity index (χ3n) is 9.78. The fourth-order valence-corrected chi connectivity index (χ4v) is 7.06. The molecule has 3 nitrogen and oxygen atoms in total. The molecule has 1 aromatic heterocycles. The maximum absolute atomic E-state index is 9.95. The van der Waals surface area contributed by atoms with Crippen LogP contribution in [-0.2, 0) is 0 Å². The molecule has 2 fully saturated rings. The highest BCUT2D eigenvalue weighted by molar-refractivity contribution is 5.55. The van der Waals surface area contributed by atoms with Crippen molar-refractivity contribution in [3.8, 4) is 17.5 Å². The van der Waals surface area contributed by atoms with E-state index in [2.05, 4.69) is 56.6 Å². The summed E-state index contributed by atoms with van der Waals surface area (Å²) >= 11 is 0. The average molecular weight is 514 g/mol. The fraction of sp³-hybridized carbons (Fsp3) is 0.686. The average Bonchev–Trinajstić information content (AvgIpc) is 2.98.